The van der Waals surface area contributed by atoms with Crippen LogP contribution in [0.1, 0.15) is 67.2 Å². The highest BCUT2D eigenvalue weighted by Crippen LogP contribution is 2.53. The lowest BCUT2D eigenvalue weighted by molar-refractivity contribution is -0.144. The highest BCUT2D eigenvalue weighted by molar-refractivity contribution is 5.75. The summed E-state index contributed by atoms with van der Waals surface area (Å²) in [6, 6.07) is 16.4. The molecular weight excluding hydrogens is 627 g/mol. The predicted octanol–water partition coefficient (Wildman–Crippen LogP) is 9.58. The Hall–Kier alpha value is -4.53. The molecular formula is C40H44F3N3O3. The van der Waals surface area contributed by atoms with Gasteiger partial charge in [-0.15, -0.1) is 0 Å². The number of pyridine rings is 3. The van der Waals surface area contributed by atoms with Gasteiger partial charge >= 0.3 is 12.1 Å². The van der Waals surface area contributed by atoms with Crippen LogP contribution in [0.5, 0.6) is 5.75 Å². The number of cyclic esters (lactones) is 1. The van der Waals surface area contributed by atoms with E-state index >= 15 is 0 Å². The number of rotatable bonds is 3. The molecule has 1 N–H and O–H groups in total. The molecule has 49 heavy (non-hydrogen) atoms. The van der Waals surface area contributed by atoms with Gasteiger partial charge in [0.1, 0.15) is 11.9 Å². The molecule has 0 amide bonds. The molecule has 0 spiro atoms. The molecule has 7 rings (SSSR count). The molecule has 3 fully saturated rings. The van der Waals surface area contributed by atoms with Gasteiger partial charge in [-0.05, 0) is 112 Å². The Bertz CT molecular complexity index is 1620. The van der Waals surface area contributed by atoms with Crippen molar-refractivity contribution >= 4 is 12.0 Å². The Morgan fingerprint density at radius 3 is 2.20 bits per heavy atom. The molecule has 0 radical (unpaired) electrons. The summed E-state index contributed by atoms with van der Waals surface area (Å²) in [7, 11) is 0. The van der Waals surface area contributed by atoms with Gasteiger partial charge in [0.2, 0.25) is 0 Å². The zero-order chi connectivity index (χ0) is 35.1. The molecule has 3 aromatic heterocycles. The Morgan fingerprint density at radius 2 is 1.59 bits per heavy atom. The number of benzene rings is 1. The number of alkyl halides is 3. The van der Waals surface area contributed by atoms with Gasteiger partial charge in [0.25, 0.3) is 0 Å². The standard InChI is InChI=1S/C27H28F3NO2.C7H9N.C6H7NO/c1-16-25-23(22-8-3-2-5-18(22)14-24(25)26(32)33-16)12-11-21-10-9-19(15-31-21)17-6-4-7-20(13-17)27(28,29)30;1-6-3-4-7(2)8-5-6;1-5-2-3-6(8)4-7-5/h4,6-7,9-13,15-16,18,22-25H,2-3,5,8,14H2,1H3;3-5H,1-2H3;2-4,8H,1H3/b12-11+;;/t16-,18?,22?,23?,24?,25?;;/m1../s1. The second kappa shape index (κ2) is 15.8. The van der Waals surface area contributed by atoms with Crippen molar-refractivity contribution in [3.8, 4) is 16.9 Å². The molecule has 4 aromatic rings. The monoisotopic (exact) mass is 671 g/mol. The Balaban J connectivity index is 0.000000239. The smallest absolute Gasteiger partial charge is 0.416 e. The second-order valence-corrected chi connectivity index (χ2v) is 13.4. The summed E-state index contributed by atoms with van der Waals surface area (Å²) >= 11 is 0. The number of allylic oxidation sites excluding steroid dienone is 1. The summed E-state index contributed by atoms with van der Waals surface area (Å²) in [4.78, 5) is 24.8. The maximum atomic E-state index is 13.0. The molecule has 1 saturated heterocycles. The summed E-state index contributed by atoms with van der Waals surface area (Å²) in [5, 5.41) is 8.69. The zero-order valence-corrected chi connectivity index (χ0v) is 28.4. The van der Waals surface area contributed by atoms with Crippen LogP contribution in [-0.2, 0) is 15.7 Å². The molecule has 4 heterocycles. The van der Waals surface area contributed by atoms with Crippen molar-refractivity contribution in [2.75, 3.05) is 0 Å². The van der Waals surface area contributed by atoms with Crippen molar-refractivity contribution < 1.29 is 27.8 Å². The van der Waals surface area contributed by atoms with Gasteiger partial charge in [-0.1, -0.05) is 49.6 Å². The minimum Gasteiger partial charge on any atom is -0.506 e. The van der Waals surface area contributed by atoms with E-state index in [1.165, 1.54) is 43.5 Å². The van der Waals surface area contributed by atoms with Gasteiger partial charge in [0, 0.05) is 35.3 Å². The Morgan fingerprint density at radius 1 is 0.857 bits per heavy atom. The van der Waals surface area contributed by atoms with Crippen LogP contribution >= 0.6 is 0 Å². The van der Waals surface area contributed by atoms with Crippen LogP contribution in [0.3, 0.4) is 0 Å². The Labute approximate surface area is 286 Å². The van der Waals surface area contributed by atoms with E-state index in [-0.39, 0.29) is 35.6 Å². The van der Waals surface area contributed by atoms with Crippen LogP contribution in [0.25, 0.3) is 17.2 Å². The van der Waals surface area contributed by atoms with Gasteiger partial charge in [-0.2, -0.15) is 13.2 Å². The number of hydrogen-bond acceptors (Lipinski definition) is 6. The van der Waals surface area contributed by atoms with E-state index in [0.29, 0.717) is 23.0 Å². The number of carbonyl (C=O) groups is 1. The number of halogens is 3. The van der Waals surface area contributed by atoms with Gasteiger partial charge in [0.05, 0.1) is 23.4 Å². The summed E-state index contributed by atoms with van der Waals surface area (Å²) in [6.07, 6.45) is 10.5. The maximum Gasteiger partial charge on any atom is 0.416 e. The molecule has 9 heteroatoms. The summed E-state index contributed by atoms with van der Waals surface area (Å²) in [5.74, 6) is 1.79. The molecule has 258 valence electrons. The molecule has 6 atom stereocenters. The van der Waals surface area contributed by atoms with E-state index in [4.69, 9.17) is 9.84 Å². The van der Waals surface area contributed by atoms with Gasteiger partial charge in [-0.25, -0.2) is 0 Å². The molecule has 6 nitrogen and oxygen atoms in total. The maximum absolute atomic E-state index is 13.0. The molecule has 0 bridgehead atoms. The highest BCUT2D eigenvalue weighted by Gasteiger charge is 2.53. The number of esters is 1. The topological polar surface area (TPSA) is 85.2 Å². The summed E-state index contributed by atoms with van der Waals surface area (Å²) < 4.78 is 44.7. The number of ether oxygens (including phenoxy) is 1. The average Bonchev–Trinajstić information content (AvgIpc) is 3.38. The van der Waals surface area contributed by atoms with Crippen LogP contribution in [0.2, 0.25) is 0 Å². The third-order valence-electron chi connectivity index (χ3n) is 9.83. The van der Waals surface area contributed by atoms with Crippen molar-refractivity contribution in [2.24, 2.45) is 29.6 Å². The molecule has 2 saturated carbocycles. The second-order valence-electron chi connectivity index (χ2n) is 13.4. The van der Waals surface area contributed by atoms with Crippen LogP contribution in [0.15, 0.2) is 85.3 Å². The predicted molar refractivity (Wildman–Crippen MR) is 184 cm³/mol. The third kappa shape index (κ3) is 9.34. The van der Waals surface area contributed by atoms with Gasteiger partial charge in [0.15, 0.2) is 0 Å². The van der Waals surface area contributed by atoms with Crippen LogP contribution in [-0.4, -0.2) is 32.1 Å². The van der Waals surface area contributed by atoms with Crippen molar-refractivity contribution in [1.29, 1.82) is 0 Å². The number of nitrogens with zero attached hydrogens (tertiary/aromatic N) is 3. The summed E-state index contributed by atoms with van der Waals surface area (Å²) in [5.41, 5.74) is 4.45. The van der Waals surface area contributed by atoms with Crippen LogP contribution in [0, 0.1) is 50.4 Å². The SMILES string of the molecule is C[C@H]1OC(=O)C2CC3CCCCC3C(/C=C/c3ccc(-c4cccc(C(F)(F)F)c4)cn3)C21.Cc1ccc(C)nc1.Cc1ccc(O)cn1. The average molecular weight is 672 g/mol. The number of carbonyl (C=O) groups excluding carboxylic acids is 1. The highest BCUT2D eigenvalue weighted by atomic mass is 19.4. The number of hydrogen-bond donors (Lipinski definition) is 1. The fourth-order valence-corrected chi connectivity index (χ4v) is 7.35. The van der Waals surface area contributed by atoms with Crippen molar-refractivity contribution in [1.82, 2.24) is 15.0 Å². The van der Waals surface area contributed by atoms with Crippen LogP contribution < -0.4 is 0 Å². The van der Waals surface area contributed by atoms with Crippen molar-refractivity contribution in [3.05, 3.63) is 114 Å². The Kier molecular flexibility index (Phi) is 11.5. The van der Waals surface area contributed by atoms with E-state index < -0.39 is 11.7 Å². The molecule has 1 aromatic carbocycles. The van der Waals surface area contributed by atoms with E-state index in [2.05, 4.69) is 27.1 Å². The lowest BCUT2D eigenvalue weighted by atomic mass is 9.57. The molecule has 1 aliphatic heterocycles. The lowest BCUT2D eigenvalue weighted by Gasteiger charge is -2.45. The normalized spacial score (nSPS) is 24.4. The van der Waals surface area contributed by atoms with Crippen molar-refractivity contribution in [2.45, 2.75) is 72.1 Å². The first kappa shape index (κ1) is 35.8. The number of aryl methyl sites for hydroxylation is 3. The number of fused-ring (bicyclic) bond motifs is 2. The van der Waals surface area contributed by atoms with E-state index in [1.807, 2.05) is 52.1 Å². The fraction of sp³-hybridized carbons (Fsp3) is 0.400. The first-order valence-corrected chi connectivity index (χ1v) is 16.9. The quantitative estimate of drug-likeness (QED) is 0.218. The zero-order valence-electron chi connectivity index (χ0n) is 28.4. The van der Waals surface area contributed by atoms with Gasteiger partial charge in [-0.3, -0.25) is 19.7 Å². The molecule has 5 unspecified atom stereocenters. The van der Waals surface area contributed by atoms with E-state index in [0.717, 1.165) is 35.6 Å². The number of aromatic hydroxyl groups is 1. The first-order chi connectivity index (χ1) is 23.4. The largest absolute Gasteiger partial charge is 0.506 e. The summed E-state index contributed by atoms with van der Waals surface area (Å²) in [6.45, 7) is 7.90. The number of aromatic nitrogens is 3. The van der Waals surface area contributed by atoms with Crippen molar-refractivity contribution in [3.63, 3.8) is 0 Å². The third-order valence-corrected chi connectivity index (χ3v) is 9.83. The van der Waals surface area contributed by atoms with E-state index in [9.17, 15) is 18.0 Å². The molecule has 2 aliphatic carbocycles. The minimum atomic E-state index is -4.37. The lowest BCUT2D eigenvalue weighted by Crippen LogP contribution is -2.42. The van der Waals surface area contributed by atoms with Crippen LogP contribution in [0.4, 0.5) is 13.2 Å². The first-order valence-electron chi connectivity index (χ1n) is 16.9. The minimum absolute atomic E-state index is 0.00903. The van der Waals surface area contributed by atoms with Gasteiger partial charge < -0.3 is 9.84 Å². The molecule has 3 aliphatic rings. The van der Waals surface area contributed by atoms with E-state index in [1.54, 1.807) is 30.5 Å². The fourth-order valence-electron chi connectivity index (χ4n) is 7.35.